The van der Waals surface area contributed by atoms with Gasteiger partial charge in [0.2, 0.25) is 5.88 Å². The summed E-state index contributed by atoms with van der Waals surface area (Å²) < 4.78 is 7.19. The van der Waals surface area contributed by atoms with Gasteiger partial charge in [0.25, 0.3) is 5.91 Å². The number of halogens is 3. The Balaban J connectivity index is 1.74. The number of hydrogen-bond acceptors (Lipinski definition) is 4. The first kappa shape index (κ1) is 23.6. The van der Waals surface area contributed by atoms with Crippen molar-refractivity contribution in [1.82, 2.24) is 9.88 Å². The molecule has 1 fully saturated rings. The van der Waals surface area contributed by atoms with Crippen LogP contribution in [0.25, 0.3) is 22.4 Å². The average molecular weight is 562 g/mol. The van der Waals surface area contributed by atoms with Crippen molar-refractivity contribution in [3.8, 4) is 28.3 Å². The van der Waals surface area contributed by atoms with E-state index >= 15 is 0 Å². The number of ether oxygens (including phenoxy) is 1. The van der Waals surface area contributed by atoms with Crippen molar-refractivity contribution < 1.29 is 14.6 Å². The first-order valence-corrected chi connectivity index (χ1v) is 12.6. The molecule has 1 saturated heterocycles. The molecule has 2 atom stereocenters. The van der Waals surface area contributed by atoms with Crippen molar-refractivity contribution in [2.75, 3.05) is 6.54 Å². The molecule has 1 aromatic heterocycles. The molecule has 2 aromatic carbocycles. The van der Waals surface area contributed by atoms with Gasteiger partial charge in [0.1, 0.15) is 11.7 Å². The lowest BCUT2D eigenvalue weighted by Crippen LogP contribution is -2.43. The number of fused-ring (bicyclic) bond motifs is 1. The number of benzene rings is 2. The second-order valence-electron chi connectivity index (χ2n) is 9.33. The van der Waals surface area contributed by atoms with E-state index in [-0.39, 0.29) is 11.9 Å². The molecule has 0 spiro atoms. The van der Waals surface area contributed by atoms with Crippen LogP contribution in [-0.4, -0.2) is 39.1 Å². The maximum absolute atomic E-state index is 12.8. The second-order valence-corrected chi connectivity index (χ2v) is 11.1. The highest BCUT2D eigenvalue weighted by molar-refractivity contribution is 9.10. The number of amides is 1. The van der Waals surface area contributed by atoms with E-state index in [1.165, 1.54) is 0 Å². The number of hydrogen-bond donors (Lipinski definition) is 1. The largest absolute Gasteiger partial charge is 0.471 e. The topological polar surface area (TPSA) is 62.7 Å². The molecule has 5 nitrogen and oxygen atoms in total. The highest BCUT2D eigenvalue weighted by Crippen LogP contribution is 2.47. The summed E-state index contributed by atoms with van der Waals surface area (Å²) in [5.74, 6) is 0.226. The Morgan fingerprint density at radius 1 is 1.12 bits per heavy atom. The minimum atomic E-state index is -0.959. The van der Waals surface area contributed by atoms with Crippen LogP contribution in [0.15, 0.2) is 53.0 Å². The van der Waals surface area contributed by atoms with Crippen molar-refractivity contribution in [3.63, 3.8) is 0 Å². The molecule has 1 N–H and O–H groups in total. The van der Waals surface area contributed by atoms with E-state index < -0.39 is 11.7 Å². The van der Waals surface area contributed by atoms with Gasteiger partial charge in [-0.2, -0.15) is 0 Å². The van der Waals surface area contributed by atoms with E-state index in [0.29, 0.717) is 41.0 Å². The lowest BCUT2D eigenvalue weighted by Gasteiger charge is -2.41. The fraction of sp³-hybridized carbons (Fsp3) is 0.308. The van der Waals surface area contributed by atoms with Gasteiger partial charge in [-0.25, -0.2) is 4.98 Å². The molecule has 8 heteroatoms. The van der Waals surface area contributed by atoms with Gasteiger partial charge >= 0.3 is 0 Å². The molecule has 1 unspecified atom stereocenters. The molecule has 176 valence electrons. The first-order chi connectivity index (χ1) is 16.1. The summed E-state index contributed by atoms with van der Waals surface area (Å²) in [7, 11) is 0. The predicted molar refractivity (Wildman–Crippen MR) is 137 cm³/mol. The normalized spacial score (nSPS) is 21.4. The van der Waals surface area contributed by atoms with E-state index in [0.717, 1.165) is 26.7 Å². The number of aliphatic hydroxyl groups is 1. The number of likely N-dealkylation sites (tertiary alicyclic amines) is 1. The molecular formula is C26H23BrCl2N2O3. The predicted octanol–water partition coefficient (Wildman–Crippen LogP) is 6.68. The van der Waals surface area contributed by atoms with Crippen LogP contribution >= 0.6 is 39.1 Å². The van der Waals surface area contributed by atoms with E-state index in [9.17, 15) is 9.90 Å². The molecule has 2 aliphatic rings. The van der Waals surface area contributed by atoms with Gasteiger partial charge in [0.15, 0.2) is 0 Å². The number of aliphatic hydroxyl groups excluding tert-OH is 1. The van der Waals surface area contributed by atoms with Gasteiger partial charge in [0.05, 0.1) is 16.8 Å². The summed E-state index contributed by atoms with van der Waals surface area (Å²) in [5.41, 5.74) is 3.52. The van der Waals surface area contributed by atoms with Crippen molar-refractivity contribution >= 4 is 45.0 Å². The highest BCUT2D eigenvalue weighted by Gasteiger charge is 2.43. The Morgan fingerprint density at radius 2 is 1.85 bits per heavy atom. The van der Waals surface area contributed by atoms with Gasteiger partial charge in [-0.1, -0.05) is 57.3 Å². The van der Waals surface area contributed by atoms with Crippen LogP contribution in [0.3, 0.4) is 0 Å². The van der Waals surface area contributed by atoms with Crippen molar-refractivity contribution in [1.29, 1.82) is 0 Å². The number of nitrogens with zero attached hydrogens (tertiary/aromatic N) is 2. The van der Waals surface area contributed by atoms with Gasteiger partial charge in [-0.05, 0) is 56.2 Å². The molecule has 0 saturated carbocycles. The standard InChI is InChI=1S/C26H23BrCl2N2O3/c1-26(2)13-21(31-10-9-22(32)25(31)33)19-12-18(14-3-6-16(28)7-4-14)23(30-24(19)34-26)17-8-5-15(27)11-20(17)29/h3-8,11-12,21-22,32H,9-10,13H2,1-2H3/t21?,22-/m1/s1. The lowest BCUT2D eigenvalue weighted by atomic mass is 9.87. The zero-order valence-electron chi connectivity index (χ0n) is 18.7. The van der Waals surface area contributed by atoms with Crippen molar-refractivity contribution in [2.24, 2.45) is 0 Å². The summed E-state index contributed by atoms with van der Waals surface area (Å²) in [6.45, 7) is 4.47. The zero-order valence-corrected chi connectivity index (χ0v) is 21.8. The molecular weight excluding hydrogens is 539 g/mol. The van der Waals surface area contributed by atoms with Gasteiger partial charge in [-0.3, -0.25) is 4.79 Å². The number of carbonyl (C=O) groups is 1. The quantitative estimate of drug-likeness (QED) is 0.387. The second kappa shape index (κ2) is 8.83. The summed E-state index contributed by atoms with van der Waals surface area (Å²) in [6.07, 6.45) is 0.0631. The minimum absolute atomic E-state index is 0.248. The Bertz CT molecular complexity index is 1280. The Hall–Kier alpha value is -2.12. The van der Waals surface area contributed by atoms with Crippen molar-refractivity contribution in [3.05, 3.63) is 68.6 Å². The first-order valence-electron chi connectivity index (χ1n) is 11.1. The number of aromatic nitrogens is 1. The van der Waals surface area contributed by atoms with Crippen LogP contribution in [0, 0.1) is 0 Å². The smallest absolute Gasteiger partial charge is 0.251 e. The molecule has 1 amide bonds. The van der Waals surface area contributed by atoms with Crippen LogP contribution in [0.2, 0.25) is 10.0 Å². The lowest BCUT2D eigenvalue weighted by molar-refractivity contribution is -0.137. The number of carbonyl (C=O) groups excluding carboxylic acids is 1. The maximum atomic E-state index is 12.8. The molecule has 3 aromatic rings. The van der Waals surface area contributed by atoms with Gasteiger partial charge in [0, 0.05) is 39.2 Å². The number of pyridine rings is 1. The molecule has 3 heterocycles. The molecule has 34 heavy (non-hydrogen) atoms. The molecule has 0 aliphatic carbocycles. The van der Waals surface area contributed by atoms with E-state index in [1.54, 1.807) is 4.90 Å². The van der Waals surface area contributed by atoms with Crippen LogP contribution in [-0.2, 0) is 4.79 Å². The van der Waals surface area contributed by atoms with E-state index in [2.05, 4.69) is 15.9 Å². The fourth-order valence-corrected chi connectivity index (χ4v) is 5.61. The molecule has 2 aliphatic heterocycles. The minimum Gasteiger partial charge on any atom is -0.471 e. The average Bonchev–Trinajstić information content (AvgIpc) is 3.11. The number of rotatable bonds is 3. The summed E-state index contributed by atoms with van der Waals surface area (Å²) >= 11 is 16.3. The third kappa shape index (κ3) is 4.33. The van der Waals surface area contributed by atoms with Gasteiger partial charge < -0.3 is 14.7 Å². The van der Waals surface area contributed by atoms with E-state index in [4.69, 9.17) is 32.9 Å². The Labute approximate surface area is 216 Å². The molecule has 0 bridgehead atoms. The Kier molecular flexibility index (Phi) is 6.13. The van der Waals surface area contributed by atoms with E-state index in [1.807, 2.05) is 62.4 Å². The third-order valence-electron chi connectivity index (χ3n) is 6.36. The fourth-order valence-electron chi connectivity index (χ4n) is 4.72. The summed E-state index contributed by atoms with van der Waals surface area (Å²) in [5, 5.41) is 11.3. The van der Waals surface area contributed by atoms with Gasteiger partial charge in [-0.15, -0.1) is 0 Å². The van der Waals surface area contributed by atoms with Crippen LogP contribution in [0.5, 0.6) is 5.88 Å². The Morgan fingerprint density at radius 3 is 2.50 bits per heavy atom. The summed E-state index contributed by atoms with van der Waals surface area (Å²) in [4.78, 5) is 19.5. The monoisotopic (exact) mass is 560 g/mol. The molecule has 5 rings (SSSR count). The highest BCUT2D eigenvalue weighted by atomic mass is 79.9. The zero-order chi connectivity index (χ0) is 24.2. The SMILES string of the molecule is CC1(C)CC(N2CC[C@@H](O)C2=O)c2cc(-c3ccc(Cl)cc3)c(-c3ccc(Br)cc3Cl)nc2O1. The van der Waals surface area contributed by atoms with Crippen molar-refractivity contribution in [2.45, 2.75) is 44.4 Å². The molecule has 0 radical (unpaired) electrons. The van der Waals surface area contributed by atoms with Crippen LogP contribution in [0.4, 0.5) is 0 Å². The summed E-state index contributed by atoms with van der Waals surface area (Å²) in [6, 6.07) is 15.0. The maximum Gasteiger partial charge on any atom is 0.251 e. The van der Waals surface area contributed by atoms with Crippen LogP contribution in [0.1, 0.15) is 38.3 Å². The van der Waals surface area contributed by atoms with Crippen LogP contribution < -0.4 is 4.74 Å². The third-order valence-corrected chi connectivity index (χ3v) is 7.42.